The molecule has 4 rings (SSSR count). The van der Waals surface area contributed by atoms with Crippen LogP contribution in [0.4, 0.5) is 4.79 Å². The van der Waals surface area contributed by atoms with E-state index in [9.17, 15) is 29.7 Å². The molecule has 0 saturated carbocycles. The Balaban J connectivity index is 1.84. The van der Waals surface area contributed by atoms with Gasteiger partial charge in [-0.3, -0.25) is 9.59 Å². The second-order valence-electron chi connectivity index (χ2n) is 16.9. The van der Waals surface area contributed by atoms with Crippen LogP contribution in [0.3, 0.4) is 0 Å². The highest BCUT2D eigenvalue weighted by atomic mass is 16.8. The number of ether oxygens (including phenoxy) is 8. The molecule has 0 aliphatic carbocycles. The van der Waals surface area contributed by atoms with E-state index in [2.05, 4.69) is 0 Å². The highest BCUT2D eigenvalue weighted by Gasteiger charge is 2.59. The number of cyclic esters (lactones) is 1. The van der Waals surface area contributed by atoms with Crippen molar-refractivity contribution in [3.05, 3.63) is 0 Å². The Morgan fingerprint density at radius 1 is 0.906 bits per heavy atom. The van der Waals surface area contributed by atoms with Crippen LogP contribution in [0.1, 0.15) is 94.9 Å². The number of carbonyl (C=O) groups excluding carboxylic acids is 3. The van der Waals surface area contributed by atoms with Gasteiger partial charge in [-0.1, -0.05) is 27.7 Å². The largest absolute Gasteiger partial charge is 0.509 e. The Hall–Kier alpha value is -1.95. The average Bonchev–Trinajstić information content (AvgIpc) is 3.40. The molecule has 4 aliphatic heterocycles. The third-order valence-electron chi connectivity index (χ3n) is 12.3. The molecule has 306 valence electrons. The van der Waals surface area contributed by atoms with E-state index >= 15 is 0 Å². The second-order valence-corrected chi connectivity index (χ2v) is 16.9. The molecule has 0 aromatic rings. The van der Waals surface area contributed by atoms with Crippen molar-refractivity contribution in [2.24, 2.45) is 23.7 Å². The number of esters is 1. The van der Waals surface area contributed by atoms with Crippen LogP contribution in [0.15, 0.2) is 0 Å². The molecule has 0 bridgehead atoms. The first kappa shape index (κ1) is 43.8. The summed E-state index contributed by atoms with van der Waals surface area (Å²) in [5.41, 5.74) is -4.33. The summed E-state index contributed by atoms with van der Waals surface area (Å²) in [5.74, 6) is -4.54. The zero-order chi connectivity index (χ0) is 40.0. The number of methoxy groups -OCH3 is 1. The number of likely N-dealkylation sites (N-methyl/N-ethyl adjacent to an activating group) is 1. The van der Waals surface area contributed by atoms with E-state index in [0.717, 1.165) is 0 Å². The molecular weight excluding hydrogens is 694 g/mol. The van der Waals surface area contributed by atoms with Gasteiger partial charge in [-0.15, -0.1) is 0 Å². The Kier molecular flexibility index (Phi) is 13.7. The molecule has 18 atom stereocenters. The standard InChI is InChI=1S/C38H65NO14/c1-14-25-38(10)32(52-35(44)53-38)20(4)27(40)18(2)16-36(8,45)31(51-34-28(41)24(39(11)12)15-19(3)47-34)21(5)29(22(6)33(43)49-25)50-26-17-37(9,46-13)30(42)23(7)48-26/h18-26,28-32,34,41-42,45H,14-17H2,1-13H3/t18-,19-,20+,21+,22-,23+,24+,25-,26+,28-,29+,30+,31-,32-,34+,36-,37-,38-/m1/s1. The zero-order valence-electron chi connectivity index (χ0n) is 33.8. The van der Waals surface area contributed by atoms with E-state index in [1.165, 1.54) is 7.11 Å². The van der Waals surface area contributed by atoms with Crippen LogP contribution in [0.2, 0.25) is 0 Å². The van der Waals surface area contributed by atoms with Crippen molar-refractivity contribution in [2.75, 3.05) is 21.2 Å². The molecule has 0 amide bonds. The van der Waals surface area contributed by atoms with Crippen molar-refractivity contribution in [1.29, 1.82) is 0 Å². The molecule has 0 aromatic carbocycles. The lowest BCUT2D eigenvalue weighted by atomic mass is 9.74. The monoisotopic (exact) mass is 759 g/mol. The number of ketones is 1. The predicted octanol–water partition coefficient (Wildman–Crippen LogP) is 2.97. The van der Waals surface area contributed by atoms with Crippen LogP contribution in [0.25, 0.3) is 0 Å². The maximum atomic E-state index is 14.3. The number of hydrogen-bond acceptors (Lipinski definition) is 15. The van der Waals surface area contributed by atoms with Crippen molar-refractivity contribution >= 4 is 17.9 Å². The fourth-order valence-corrected chi connectivity index (χ4v) is 9.03. The summed E-state index contributed by atoms with van der Waals surface area (Å²) in [4.78, 5) is 43.0. The minimum absolute atomic E-state index is 0.0996. The van der Waals surface area contributed by atoms with Crippen LogP contribution in [0, 0.1) is 23.7 Å². The fourth-order valence-electron chi connectivity index (χ4n) is 9.03. The maximum absolute atomic E-state index is 14.3. The Morgan fingerprint density at radius 2 is 1.55 bits per heavy atom. The smallest absolute Gasteiger partial charge is 0.458 e. The molecule has 4 fully saturated rings. The summed E-state index contributed by atoms with van der Waals surface area (Å²) in [5, 5.41) is 34.9. The fraction of sp³-hybridized carbons (Fsp3) is 0.921. The molecule has 4 aliphatic rings. The first-order chi connectivity index (χ1) is 24.5. The van der Waals surface area contributed by atoms with E-state index in [0.29, 0.717) is 6.42 Å². The van der Waals surface area contributed by atoms with E-state index in [-0.39, 0.29) is 37.2 Å². The number of Topliss-reactive ketones (excluding diaryl/α,β-unsaturated/α-hetero) is 1. The van der Waals surface area contributed by atoms with Gasteiger partial charge in [0.05, 0.1) is 47.5 Å². The van der Waals surface area contributed by atoms with Gasteiger partial charge >= 0.3 is 12.1 Å². The molecule has 4 heterocycles. The highest BCUT2D eigenvalue weighted by molar-refractivity contribution is 5.84. The minimum atomic E-state index is -1.78. The number of aliphatic hydroxyl groups excluding tert-OH is 2. The second kappa shape index (κ2) is 16.6. The van der Waals surface area contributed by atoms with Crippen LogP contribution < -0.4 is 0 Å². The first-order valence-corrected chi connectivity index (χ1v) is 19.1. The molecule has 53 heavy (non-hydrogen) atoms. The van der Waals surface area contributed by atoms with Crippen molar-refractivity contribution in [2.45, 2.75) is 179 Å². The Bertz CT molecular complexity index is 1300. The number of rotatable bonds is 7. The van der Waals surface area contributed by atoms with Crippen molar-refractivity contribution in [3.8, 4) is 0 Å². The number of nitrogens with zero attached hydrogens (tertiary/aromatic N) is 1. The molecular formula is C38H65NO14. The average molecular weight is 760 g/mol. The van der Waals surface area contributed by atoms with E-state index in [1.807, 2.05) is 25.9 Å². The van der Waals surface area contributed by atoms with Crippen LogP contribution in [0.5, 0.6) is 0 Å². The normalized spacial score (nSPS) is 49.1. The summed E-state index contributed by atoms with van der Waals surface area (Å²) in [6.07, 6.45) is -9.81. The van der Waals surface area contributed by atoms with Gasteiger partial charge in [0.1, 0.15) is 24.1 Å². The molecule has 0 radical (unpaired) electrons. The molecule has 3 N–H and O–H groups in total. The SMILES string of the molecule is CC[C@H]1OC(=O)[C@H](C)[C@@H](O[C@H]2C[C@@](C)(OC)[C@@H](O)[C@H](C)O2)[C@H](C)[C@@H](O[C@@H]2O[C@H](C)C[C@H](N(C)C)[C@H]2O)[C@](C)(O)C[C@@H](C)C(=O)[C@H](C)[C@H]2OC(=O)O[C@@]21C. The zero-order valence-corrected chi connectivity index (χ0v) is 33.8. The van der Waals surface area contributed by atoms with Crippen LogP contribution >= 0.6 is 0 Å². The number of aliphatic hydroxyl groups is 3. The maximum Gasteiger partial charge on any atom is 0.509 e. The van der Waals surface area contributed by atoms with Gasteiger partial charge in [0.15, 0.2) is 24.3 Å². The quantitative estimate of drug-likeness (QED) is 0.321. The van der Waals surface area contributed by atoms with Gasteiger partial charge in [0.25, 0.3) is 0 Å². The van der Waals surface area contributed by atoms with Crippen molar-refractivity contribution < 1.29 is 67.6 Å². The first-order valence-electron chi connectivity index (χ1n) is 19.1. The molecule has 0 aromatic heterocycles. The summed E-state index contributed by atoms with van der Waals surface area (Å²) < 4.78 is 48.7. The van der Waals surface area contributed by atoms with Gasteiger partial charge in [0, 0.05) is 31.4 Å². The summed E-state index contributed by atoms with van der Waals surface area (Å²) in [6, 6.07) is -0.322. The molecule has 4 saturated heterocycles. The van der Waals surface area contributed by atoms with Crippen molar-refractivity contribution in [3.63, 3.8) is 0 Å². The van der Waals surface area contributed by atoms with E-state index in [4.69, 9.17) is 37.9 Å². The third-order valence-corrected chi connectivity index (χ3v) is 12.3. The number of fused-ring (bicyclic) bond motifs is 1. The van der Waals surface area contributed by atoms with Gasteiger partial charge in [-0.05, 0) is 74.9 Å². The topological polar surface area (TPSA) is 189 Å². The minimum Gasteiger partial charge on any atom is -0.458 e. The summed E-state index contributed by atoms with van der Waals surface area (Å²) in [7, 11) is 5.20. The third kappa shape index (κ3) is 8.88. The molecule has 15 nitrogen and oxygen atoms in total. The van der Waals surface area contributed by atoms with Crippen molar-refractivity contribution in [1.82, 2.24) is 4.90 Å². The summed E-state index contributed by atoms with van der Waals surface area (Å²) >= 11 is 0. The van der Waals surface area contributed by atoms with Gasteiger partial charge < -0.3 is 58.1 Å². The molecule has 15 heteroatoms. The van der Waals surface area contributed by atoms with Crippen LogP contribution in [-0.2, 0) is 47.5 Å². The van der Waals surface area contributed by atoms with Gasteiger partial charge in [0.2, 0.25) is 0 Å². The molecule has 0 spiro atoms. The summed E-state index contributed by atoms with van der Waals surface area (Å²) in [6.45, 7) is 16.9. The lowest BCUT2D eigenvalue weighted by molar-refractivity contribution is -0.318. The van der Waals surface area contributed by atoms with Crippen LogP contribution in [-0.4, -0.2) is 144 Å². The van der Waals surface area contributed by atoms with E-state index in [1.54, 1.807) is 62.3 Å². The lowest BCUT2D eigenvalue weighted by Gasteiger charge is -2.49. The lowest BCUT2D eigenvalue weighted by Crippen LogP contribution is -2.61. The number of carbonyl (C=O) groups is 3. The Morgan fingerprint density at radius 3 is 2.13 bits per heavy atom. The number of hydrogen-bond donors (Lipinski definition) is 3. The predicted molar refractivity (Wildman–Crippen MR) is 189 cm³/mol. The highest BCUT2D eigenvalue weighted by Crippen LogP contribution is 2.43. The van der Waals surface area contributed by atoms with Gasteiger partial charge in [-0.25, -0.2) is 4.79 Å². The Labute approximate surface area is 314 Å². The molecule has 0 unspecified atom stereocenters. The van der Waals surface area contributed by atoms with E-state index < -0.39 is 108 Å². The van der Waals surface area contributed by atoms with Gasteiger partial charge in [-0.2, -0.15) is 0 Å².